The van der Waals surface area contributed by atoms with Crippen LogP contribution in [0.4, 0.5) is 4.39 Å². The van der Waals surface area contributed by atoms with Crippen LogP contribution in [-0.2, 0) is 13.1 Å². The highest BCUT2D eigenvalue weighted by Gasteiger charge is 2.20. The summed E-state index contributed by atoms with van der Waals surface area (Å²) in [6.45, 7) is 3.51. The van der Waals surface area contributed by atoms with Gasteiger partial charge in [-0.05, 0) is 31.4 Å². The van der Waals surface area contributed by atoms with Gasteiger partial charge in [-0.3, -0.25) is 0 Å². The Morgan fingerprint density at radius 1 is 1.43 bits per heavy atom. The standard InChI is InChI=1S/C15H19FN4O/c1-11-2-5-14(8-15(11)16)21-7-6-20-10-13(18-19-20)9-17-12-3-4-12/h2,5,8,10,12,17H,3-4,6-7,9H2,1H3. The molecule has 112 valence electrons. The van der Waals surface area contributed by atoms with E-state index < -0.39 is 0 Å². The van der Waals surface area contributed by atoms with Gasteiger partial charge in [-0.15, -0.1) is 5.10 Å². The largest absolute Gasteiger partial charge is 0.492 e. The number of ether oxygens (including phenoxy) is 1. The molecular formula is C15H19FN4O. The molecule has 1 aliphatic carbocycles. The maximum Gasteiger partial charge on any atom is 0.129 e. The van der Waals surface area contributed by atoms with Gasteiger partial charge in [0.15, 0.2) is 0 Å². The number of rotatable bonds is 7. The molecule has 21 heavy (non-hydrogen) atoms. The van der Waals surface area contributed by atoms with Crippen molar-refractivity contribution in [2.24, 2.45) is 0 Å². The molecule has 0 aliphatic heterocycles. The molecule has 1 aromatic carbocycles. The molecular weight excluding hydrogens is 271 g/mol. The van der Waals surface area contributed by atoms with Gasteiger partial charge in [0.1, 0.15) is 18.2 Å². The maximum atomic E-state index is 13.4. The molecule has 1 heterocycles. The first kappa shape index (κ1) is 14.0. The molecule has 2 aromatic rings. The highest BCUT2D eigenvalue weighted by atomic mass is 19.1. The Kier molecular flexibility index (Phi) is 4.15. The van der Waals surface area contributed by atoms with E-state index in [4.69, 9.17) is 4.74 Å². The molecule has 0 spiro atoms. The van der Waals surface area contributed by atoms with Crippen molar-refractivity contribution in [1.29, 1.82) is 0 Å². The first-order valence-electron chi connectivity index (χ1n) is 7.22. The number of hydrogen-bond acceptors (Lipinski definition) is 4. The molecule has 1 saturated carbocycles. The van der Waals surface area contributed by atoms with E-state index in [1.807, 2.05) is 6.20 Å². The van der Waals surface area contributed by atoms with Crippen LogP contribution in [0.2, 0.25) is 0 Å². The highest BCUT2D eigenvalue weighted by molar-refractivity contribution is 5.27. The van der Waals surface area contributed by atoms with Gasteiger partial charge in [0, 0.05) is 24.8 Å². The summed E-state index contributed by atoms with van der Waals surface area (Å²) < 4.78 is 20.6. The second kappa shape index (κ2) is 6.22. The molecule has 6 heteroatoms. The van der Waals surface area contributed by atoms with Crippen molar-refractivity contribution in [3.8, 4) is 5.75 Å². The molecule has 0 saturated heterocycles. The molecule has 1 N–H and O–H groups in total. The minimum Gasteiger partial charge on any atom is -0.492 e. The normalized spacial score (nSPS) is 14.4. The maximum absolute atomic E-state index is 13.4. The SMILES string of the molecule is Cc1ccc(OCCn2cc(CNC3CC3)nn2)cc1F. The predicted molar refractivity (Wildman–Crippen MR) is 76.5 cm³/mol. The van der Waals surface area contributed by atoms with Crippen LogP contribution in [-0.4, -0.2) is 27.6 Å². The number of nitrogens with zero attached hydrogens (tertiary/aromatic N) is 3. The van der Waals surface area contributed by atoms with Gasteiger partial charge in [0.25, 0.3) is 0 Å². The van der Waals surface area contributed by atoms with E-state index >= 15 is 0 Å². The van der Waals surface area contributed by atoms with E-state index in [0.717, 1.165) is 12.2 Å². The Morgan fingerprint density at radius 2 is 2.29 bits per heavy atom. The summed E-state index contributed by atoms with van der Waals surface area (Å²) >= 11 is 0. The van der Waals surface area contributed by atoms with Crippen LogP contribution in [0, 0.1) is 12.7 Å². The number of aromatic nitrogens is 3. The molecule has 5 nitrogen and oxygen atoms in total. The van der Waals surface area contributed by atoms with E-state index in [0.29, 0.717) is 30.5 Å². The Bertz CT molecular complexity index is 609. The van der Waals surface area contributed by atoms with E-state index in [-0.39, 0.29) is 5.82 Å². The zero-order valence-electron chi connectivity index (χ0n) is 12.1. The fraction of sp³-hybridized carbons (Fsp3) is 0.467. The van der Waals surface area contributed by atoms with Gasteiger partial charge < -0.3 is 10.1 Å². The first-order valence-corrected chi connectivity index (χ1v) is 7.22. The lowest BCUT2D eigenvalue weighted by atomic mass is 10.2. The third-order valence-corrected chi connectivity index (χ3v) is 3.47. The lowest BCUT2D eigenvalue weighted by Gasteiger charge is -2.06. The third-order valence-electron chi connectivity index (χ3n) is 3.47. The van der Waals surface area contributed by atoms with Crippen LogP contribution < -0.4 is 10.1 Å². The van der Waals surface area contributed by atoms with Crippen LogP contribution in [0.3, 0.4) is 0 Å². The van der Waals surface area contributed by atoms with Crippen LogP contribution in [0.25, 0.3) is 0 Å². The van der Waals surface area contributed by atoms with E-state index in [9.17, 15) is 4.39 Å². The van der Waals surface area contributed by atoms with Gasteiger partial charge in [-0.1, -0.05) is 11.3 Å². The minimum atomic E-state index is -0.248. The fourth-order valence-electron chi connectivity index (χ4n) is 1.99. The van der Waals surface area contributed by atoms with E-state index in [1.165, 1.54) is 18.9 Å². The van der Waals surface area contributed by atoms with Gasteiger partial charge in [0.2, 0.25) is 0 Å². The highest BCUT2D eigenvalue weighted by Crippen LogP contribution is 2.19. The fourth-order valence-corrected chi connectivity index (χ4v) is 1.99. The van der Waals surface area contributed by atoms with Crippen LogP contribution in [0.1, 0.15) is 24.1 Å². The number of aryl methyl sites for hydroxylation is 1. The van der Waals surface area contributed by atoms with Crippen molar-refractivity contribution in [2.45, 2.75) is 38.9 Å². The van der Waals surface area contributed by atoms with Crippen LogP contribution in [0.15, 0.2) is 24.4 Å². The lowest BCUT2D eigenvalue weighted by Crippen LogP contribution is -2.15. The van der Waals surface area contributed by atoms with Crippen molar-refractivity contribution in [3.63, 3.8) is 0 Å². The van der Waals surface area contributed by atoms with Crippen LogP contribution in [0.5, 0.6) is 5.75 Å². The summed E-state index contributed by atoms with van der Waals surface area (Å²) in [7, 11) is 0. The second-order valence-corrected chi connectivity index (χ2v) is 5.39. The Balaban J connectivity index is 1.44. The first-order chi connectivity index (χ1) is 10.2. The van der Waals surface area contributed by atoms with Gasteiger partial charge in [0.05, 0.1) is 12.2 Å². The third kappa shape index (κ3) is 4.01. The number of halogens is 1. The predicted octanol–water partition coefficient (Wildman–Crippen LogP) is 2.06. The van der Waals surface area contributed by atoms with Crippen LogP contribution >= 0.6 is 0 Å². The van der Waals surface area contributed by atoms with Crippen molar-refractivity contribution in [1.82, 2.24) is 20.3 Å². The monoisotopic (exact) mass is 290 g/mol. The Labute approximate surface area is 123 Å². The van der Waals surface area contributed by atoms with Gasteiger partial charge >= 0.3 is 0 Å². The summed E-state index contributed by atoms with van der Waals surface area (Å²) in [4.78, 5) is 0. The zero-order valence-corrected chi connectivity index (χ0v) is 12.1. The number of hydrogen-bond donors (Lipinski definition) is 1. The smallest absolute Gasteiger partial charge is 0.129 e. The van der Waals surface area contributed by atoms with Crippen molar-refractivity contribution in [3.05, 3.63) is 41.5 Å². The van der Waals surface area contributed by atoms with Gasteiger partial charge in [-0.2, -0.15) is 0 Å². The molecule has 1 aliphatic rings. The molecule has 0 atom stereocenters. The molecule has 1 aromatic heterocycles. The molecule has 1 fully saturated rings. The Morgan fingerprint density at radius 3 is 3.05 bits per heavy atom. The zero-order chi connectivity index (χ0) is 14.7. The molecule has 0 amide bonds. The second-order valence-electron chi connectivity index (χ2n) is 5.39. The molecule has 0 radical (unpaired) electrons. The molecule has 0 unspecified atom stereocenters. The van der Waals surface area contributed by atoms with Crippen molar-refractivity contribution in [2.75, 3.05) is 6.61 Å². The number of benzene rings is 1. The molecule has 3 rings (SSSR count). The topological polar surface area (TPSA) is 52.0 Å². The summed E-state index contributed by atoms with van der Waals surface area (Å²) in [5.74, 6) is 0.288. The average molecular weight is 290 g/mol. The molecule has 0 bridgehead atoms. The van der Waals surface area contributed by atoms with E-state index in [2.05, 4.69) is 15.6 Å². The van der Waals surface area contributed by atoms with E-state index in [1.54, 1.807) is 23.7 Å². The summed E-state index contributed by atoms with van der Waals surface area (Å²) in [5, 5.41) is 11.5. The Hall–Kier alpha value is -1.95. The van der Waals surface area contributed by atoms with Crippen molar-refractivity contribution < 1.29 is 9.13 Å². The summed E-state index contributed by atoms with van der Waals surface area (Å²) in [5.41, 5.74) is 1.55. The average Bonchev–Trinajstić information content (AvgIpc) is 3.20. The quantitative estimate of drug-likeness (QED) is 0.848. The van der Waals surface area contributed by atoms with Gasteiger partial charge in [-0.25, -0.2) is 9.07 Å². The summed E-state index contributed by atoms with van der Waals surface area (Å²) in [6.07, 6.45) is 4.43. The number of nitrogens with one attached hydrogen (secondary N) is 1. The lowest BCUT2D eigenvalue weighted by molar-refractivity contribution is 0.288. The van der Waals surface area contributed by atoms with Crippen molar-refractivity contribution >= 4 is 0 Å². The minimum absolute atomic E-state index is 0.248. The summed E-state index contributed by atoms with van der Waals surface area (Å²) in [6, 6.07) is 5.55.